The molecular weight excluding hydrogens is 332 g/mol. The molecule has 2 heterocycles. The van der Waals surface area contributed by atoms with Crippen LogP contribution in [0, 0.1) is 6.92 Å². The molecule has 0 saturated carbocycles. The summed E-state index contributed by atoms with van der Waals surface area (Å²) in [4.78, 5) is 27.8. The van der Waals surface area contributed by atoms with Gasteiger partial charge in [0.25, 0.3) is 5.91 Å². The van der Waals surface area contributed by atoms with E-state index in [1.54, 1.807) is 11.8 Å². The number of hydrogen-bond donors (Lipinski definition) is 1. The number of aryl methyl sites for hydroxylation is 2. The zero-order valence-corrected chi connectivity index (χ0v) is 15.0. The van der Waals surface area contributed by atoms with E-state index in [9.17, 15) is 9.59 Å². The molecule has 4 nitrogen and oxygen atoms in total. The average molecular weight is 352 g/mol. The van der Waals surface area contributed by atoms with E-state index in [0.29, 0.717) is 12.0 Å². The lowest BCUT2D eigenvalue weighted by Gasteiger charge is -2.30. The van der Waals surface area contributed by atoms with Crippen LogP contribution >= 0.6 is 11.8 Å². The quantitative estimate of drug-likeness (QED) is 0.843. The van der Waals surface area contributed by atoms with E-state index in [-0.39, 0.29) is 11.8 Å². The SMILES string of the molecule is Cc1ccc2c(c1)N(C(=O)c1ccc3c(c1)NC(=O)CCS3)CCC2. The first-order chi connectivity index (χ1) is 12.1. The Hall–Kier alpha value is -2.27. The van der Waals surface area contributed by atoms with Gasteiger partial charge in [0.2, 0.25) is 5.91 Å². The molecule has 0 fully saturated rings. The highest BCUT2D eigenvalue weighted by Gasteiger charge is 2.25. The van der Waals surface area contributed by atoms with Crippen LogP contribution in [-0.4, -0.2) is 24.1 Å². The number of fused-ring (bicyclic) bond motifs is 2. The summed E-state index contributed by atoms with van der Waals surface area (Å²) in [5.74, 6) is 0.776. The molecule has 1 N–H and O–H groups in total. The van der Waals surface area contributed by atoms with Gasteiger partial charge in [-0.15, -0.1) is 11.8 Å². The molecule has 0 spiro atoms. The number of benzene rings is 2. The second-order valence-corrected chi connectivity index (χ2v) is 7.69. The van der Waals surface area contributed by atoms with Gasteiger partial charge in [-0.05, 0) is 55.2 Å². The Morgan fingerprint density at radius 1 is 1.16 bits per heavy atom. The van der Waals surface area contributed by atoms with Crippen molar-refractivity contribution in [3.8, 4) is 0 Å². The minimum atomic E-state index is -0.00199. The zero-order valence-electron chi connectivity index (χ0n) is 14.2. The van der Waals surface area contributed by atoms with Crippen LogP contribution in [0.2, 0.25) is 0 Å². The molecule has 0 radical (unpaired) electrons. The fourth-order valence-electron chi connectivity index (χ4n) is 3.40. The number of amides is 2. The molecule has 0 unspecified atom stereocenters. The van der Waals surface area contributed by atoms with Crippen molar-refractivity contribution in [2.75, 3.05) is 22.5 Å². The van der Waals surface area contributed by atoms with E-state index in [0.717, 1.165) is 47.0 Å². The van der Waals surface area contributed by atoms with Crippen molar-refractivity contribution in [3.63, 3.8) is 0 Å². The van der Waals surface area contributed by atoms with Gasteiger partial charge in [0.15, 0.2) is 0 Å². The maximum Gasteiger partial charge on any atom is 0.258 e. The minimum absolute atomic E-state index is 0.00199. The van der Waals surface area contributed by atoms with Gasteiger partial charge in [0.1, 0.15) is 0 Å². The Bertz CT molecular complexity index is 863. The second-order valence-electron chi connectivity index (χ2n) is 6.55. The van der Waals surface area contributed by atoms with E-state index in [2.05, 4.69) is 23.5 Å². The summed E-state index contributed by atoms with van der Waals surface area (Å²) < 4.78 is 0. The second kappa shape index (κ2) is 6.56. The summed E-state index contributed by atoms with van der Waals surface area (Å²) in [6, 6.07) is 11.9. The van der Waals surface area contributed by atoms with Gasteiger partial charge in [-0.2, -0.15) is 0 Å². The lowest BCUT2D eigenvalue weighted by Crippen LogP contribution is -2.35. The van der Waals surface area contributed by atoms with Gasteiger partial charge in [-0.1, -0.05) is 12.1 Å². The van der Waals surface area contributed by atoms with Crippen LogP contribution in [0.3, 0.4) is 0 Å². The lowest BCUT2D eigenvalue weighted by atomic mass is 9.99. The van der Waals surface area contributed by atoms with Gasteiger partial charge in [0.05, 0.1) is 5.69 Å². The molecule has 0 bridgehead atoms. The van der Waals surface area contributed by atoms with Crippen molar-refractivity contribution in [2.24, 2.45) is 0 Å². The van der Waals surface area contributed by atoms with Crippen molar-refractivity contribution in [3.05, 3.63) is 53.1 Å². The third-order valence-electron chi connectivity index (χ3n) is 4.69. The number of nitrogens with zero attached hydrogens (tertiary/aromatic N) is 1. The molecule has 0 saturated heterocycles. The van der Waals surface area contributed by atoms with E-state index >= 15 is 0 Å². The van der Waals surface area contributed by atoms with Crippen molar-refractivity contribution in [1.29, 1.82) is 0 Å². The molecule has 0 aliphatic carbocycles. The molecule has 128 valence electrons. The summed E-state index contributed by atoms with van der Waals surface area (Å²) in [5, 5.41) is 2.92. The van der Waals surface area contributed by atoms with Crippen molar-refractivity contribution in [2.45, 2.75) is 31.1 Å². The fourth-order valence-corrected chi connectivity index (χ4v) is 4.34. The lowest BCUT2D eigenvalue weighted by molar-refractivity contribution is -0.115. The molecule has 25 heavy (non-hydrogen) atoms. The monoisotopic (exact) mass is 352 g/mol. The van der Waals surface area contributed by atoms with Crippen LogP contribution in [0.5, 0.6) is 0 Å². The highest BCUT2D eigenvalue weighted by molar-refractivity contribution is 7.99. The number of thioether (sulfide) groups is 1. The summed E-state index contributed by atoms with van der Waals surface area (Å²) in [6.45, 7) is 2.78. The van der Waals surface area contributed by atoms with E-state index in [4.69, 9.17) is 0 Å². The molecular formula is C20H20N2O2S. The van der Waals surface area contributed by atoms with Crippen molar-refractivity contribution >= 4 is 35.0 Å². The molecule has 2 aromatic rings. The molecule has 0 atom stereocenters. The maximum atomic E-state index is 13.1. The molecule has 2 aliphatic heterocycles. The topological polar surface area (TPSA) is 49.4 Å². The molecule has 2 amide bonds. The number of nitrogens with one attached hydrogen (secondary N) is 1. The van der Waals surface area contributed by atoms with Crippen LogP contribution < -0.4 is 10.2 Å². The highest BCUT2D eigenvalue weighted by Crippen LogP contribution is 2.33. The van der Waals surface area contributed by atoms with Gasteiger partial charge >= 0.3 is 0 Å². The third kappa shape index (κ3) is 3.16. The molecule has 2 aromatic carbocycles. The van der Waals surface area contributed by atoms with Crippen LogP contribution in [0.4, 0.5) is 11.4 Å². The normalized spacial score (nSPS) is 16.5. The molecule has 0 aromatic heterocycles. The van der Waals surface area contributed by atoms with Crippen LogP contribution in [0.25, 0.3) is 0 Å². The Kier molecular flexibility index (Phi) is 4.25. The zero-order chi connectivity index (χ0) is 17.4. The smallest absolute Gasteiger partial charge is 0.258 e. The number of hydrogen-bond acceptors (Lipinski definition) is 3. The Morgan fingerprint density at radius 3 is 2.92 bits per heavy atom. The van der Waals surface area contributed by atoms with Gasteiger partial charge in [-0.25, -0.2) is 0 Å². The largest absolute Gasteiger partial charge is 0.325 e. The highest BCUT2D eigenvalue weighted by atomic mass is 32.2. The summed E-state index contributed by atoms with van der Waals surface area (Å²) in [6.07, 6.45) is 2.48. The van der Waals surface area contributed by atoms with E-state index in [1.165, 1.54) is 5.56 Å². The van der Waals surface area contributed by atoms with Gasteiger partial charge < -0.3 is 10.2 Å². The molecule has 5 heteroatoms. The summed E-state index contributed by atoms with van der Waals surface area (Å²) >= 11 is 1.65. The first-order valence-corrected chi connectivity index (χ1v) is 9.58. The standard InChI is InChI=1S/C20H20N2O2S/c1-13-4-5-14-3-2-9-22(17(14)11-13)20(24)15-6-7-18-16(12-15)21-19(23)8-10-25-18/h4-7,11-12H,2-3,8-10H2,1H3,(H,21,23). The van der Waals surface area contributed by atoms with E-state index in [1.807, 2.05) is 30.0 Å². The Morgan fingerprint density at radius 2 is 2.04 bits per heavy atom. The van der Waals surface area contributed by atoms with Gasteiger partial charge in [-0.3, -0.25) is 9.59 Å². The van der Waals surface area contributed by atoms with E-state index < -0.39 is 0 Å². The van der Waals surface area contributed by atoms with Crippen molar-refractivity contribution in [1.82, 2.24) is 0 Å². The third-order valence-corrected chi connectivity index (χ3v) is 5.77. The first kappa shape index (κ1) is 16.2. The number of rotatable bonds is 1. The minimum Gasteiger partial charge on any atom is -0.325 e. The van der Waals surface area contributed by atoms with Crippen LogP contribution in [-0.2, 0) is 11.2 Å². The summed E-state index contributed by atoms with van der Waals surface area (Å²) in [5.41, 5.74) is 4.77. The fraction of sp³-hybridized carbons (Fsp3) is 0.300. The average Bonchev–Trinajstić information content (AvgIpc) is 2.80. The number of anilines is 2. The predicted octanol–water partition coefficient (Wildman–Crippen LogP) is 4.02. The number of carbonyl (C=O) groups excluding carboxylic acids is 2. The predicted molar refractivity (Wildman–Crippen MR) is 102 cm³/mol. The van der Waals surface area contributed by atoms with Gasteiger partial charge in [0, 0.05) is 34.9 Å². The summed E-state index contributed by atoms with van der Waals surface area (Å²) in [7, 11) is 0. The Balaban J connectivity index is 1.69. The van der Waals surface area contributed by atoms with Crippen LogP contribution in [0.1, 0.15) is 34.3 Å². The first-order valence-electron chi connectivity index (χ1n) is 8.60. The number of carbonyl (C=O) groups is 2. The van der Waals surface area contributed by atoms with Crippen LogP contribution in [0.15, 0.2) is 41.3 Å². The molecule has 4 rings (SSSR count). The molecule has 2 aliphatic rings. The maximum absolute atomic E-state index is 13.1. The van der Waals surface area contributed by atoms with Crippen molar-refractivity contribution < 1.29 is 9.59 Å². The Labute approximate surface area is 151 Å².